The Hall–Kier alpha value is -5.06. The molecule has 2 N–H and O–H groups in total. The van der Waals surface area contributed by atoms with Crippen LogP contribution in [0.2, 0.25) is 0 Å². The summed E-state index contributed by atoms with van der Waals surface area (Å²) in [5.41, 5.74) is 0.00722. The van der Waals surface area contributed by atoms with Gasteiger partial charge in [0.25, 0.3) is 0 Å². The number of amides is 3. The second kappa shape index (κ2) is 14.1. The molecule has 3 aromatic rings. The lowest BCUT2D eigenvalue weighted by molar-refractivity contribution is -0.164. The maximum absolute atomic E-state index is 15.3. The molecule has 3 aromatic carbocycles. The minimum atomic E-state index is -1.23. The monoisotopic (exact) mass is 617 g/mol. The number of carbonyl (C=O) groups is 5. The van der Waals surface area contributed by atoms with Crippen LogP contribution in [-0.2, 0) is 19.1 Å². The van der Waals surface area contributed by atoms with E-state index in [0.717, 1.165) is 4.90 Å². The van der Waals surface area contributed by atoms with Crippen molar-refractivity contribution in [3.05, 3.63) is 101 Å². The van der Waals surface area contributed by atoms with Crippen molar-refractivity contribution >= 4 is 35.3 Å². The third-order valence-corrected chi connectivity index (χ3v) is 7.11. The molecule has 10 nitrogen and oxygen atoms in total. The Kier molecular flexibility index (Phi) is 10.3. The number of nitrogens with one attached hydrogen (secondary N) is 2. The third kappa shape index (κ3) is 8.11. The van der Waals surface area contributed by atoms with Gasteiger partial charge in [-0.15, -0.1) is 0 Å². The molecule has 11 heteroatoms. The fourth-order valence-corrected chi connectivity index (χ4v) is 5.29. The number of rotatable bonds is 9. The van der Waals surface area contributed by atoms with Gasteiger partial charge >= 0.3 is 18.0 Å². The van der Waals surface area contributed by atoms with E-state index in [1.165, 1.54) is 30.3 Å². The zero-order valence-corrected chi connectivity index (χ0v) is 25.5. The number of anilines is 1. The lowest BCUT2D eigenvalue weighted by Gasteiger charge is -2.32. The number of likely N-dealkylation sites (tertiary alicyclic amines) is 1. The average Bonchev–Trinajstić information content (AvgIpc) is 3.40. The molecule has 3 atom stereocenters. The molecule has 1 aliphatic rings. The van der Waals surface area contributed by atoms with E-state index in [1.807, 2.05) is 0 Å². The van der Waals surface area contributed by atoms with E-state index in [-0.39, 0.29) is 35.6 Å². The number of ether oxygens (including phenoxy) is 2. The molecular formula is C34H36FN3O7. The Labute approximate surface area is 260 Å². The van der Waals surface area contributed by atoms with Gasteiger partial charge in [0.15, 0.2) is 5.78 Å². The number of benzene rings is 3. The van der Waals surface area contributed by atoms with Crippen LogP contribution in [0.25, 0.3) is 0 Å². The van der Waals surface area contributed by atoms with Crippen molar-refractivity contribution in [2.24, 2.45) is 5.92 Å². The molecular weight excluding hydrogens is 581 g/mol. The Morgan fingerprint density at radius 3 is 2.24 bits per heavy atom. The van der Waals surface area contributed by atoms with Crippen LogP contribution in [0.5, 0.6) is 0 Å². The number of nitrogens with zero attached hydrogens (tertiary/aromatic N) is 1. The van der Waals surface area contributed by atoms with Gasteiger partial charge in [0.1, 0.15) is 17.5 Å². The summed E-state index contributed by atoms with van der Waals surface area (Å²) < 4.78 is 25.9. The maximum atomic E-state index is 15.3. The molecule has 1 aliphatic heterocycles. The molecule has 1 heterocycles. The minimum Gasteiger partial charge on any atom is -0.462 e. The van der Waals surface area contributed by atoms with Crippen LogP contribution in [0.3, 0.4) is 0 Å². The van der Waals surface area contributed by atoms with E-state index >= 15 is 4.39 Å². The van der Waals surface area contributed by atoms with Gasteiger partial charge in [-0.25, -0.2) is 18.8 Å². The standard InChI is InChI=1S/C34H36FN3O7/c1-5-44-31(41)22-14-11-15-23(18-22)37-33(43)36-20-28(39)38-27(32(42)45-34(2,3)4)19-25(30(40)21-12-7-6-8-13-21)29(38)24-16-9-10-17-26(24)35/h6-18,25,27,29H,5,19-20H2,1-4H3,(H2,36,37,43). The van der Waals surface area contributed by atoms with Crippen LogP contribution in [-0.4, -0.2) is 59.4 Å². The molecule has 4 rings (SSSR count). The molecule has 0 spiro atoms. The van der Waals surface area contributed by atoms with Crippen molar-refractivity contribution in [3.8, 4) is 0 Å². The zero-order valence-electron chi connectivity index (χ0n) is 25.5. The molecule has 0 bridgehead atoms. The summed E-state index contributed by atoms with van der Waals surface area (Å²) in [4.78, 5) is 67.2. The van der Waals surface area contributed by atoms with Crippen LogP contribution in [0.15, 0.2) is 78.9 Å². The number of Topliss-reactive ketones (excluding diaryl/α,β-unsaturated/α-hetero) is 1. The van der Waals surface area contributed by atoms with Crippen LogP contribution >= 0.6 is 0 Å². The van der Waals surface area contributed by atoms with Crippen molar-refractivity contribution in [2.45, 2.75) is 51.8 Å². The topological polar surface area (TPSA) is 131 Å². The first kappa shape index (κ1) is 32.8. The van der Waals surface area contributed by atoms with Gasteiger partial charge in [-0.2, -0.15) is 0 Å². The van der Waals surface area contributed by atoms with Crippen molar-refractivity contribution in [2.75, 3.05) is 18.5 Å². The van der Waals surface area contributed by atoms with Crippen LogP contribution in [0, 0.1) is 11.7 Å². The summed E-state index contributed by atoms with van der Waals surface area (Å²) in [7, 11) is 0. The molecule has 45 heavy (non-hydrogen) atoms. The van der Waals surface area contributed by atoms with Gasteiger partial charge < -0.3 is 25.0 Å². The van der Waals surface area contributed by atoms with Gasteiger partial charge in [-0.3, -0.25) is 9.59 Å². The molecule has 236 valence electrons. The van der Waals surface area contributed by atoms with Crippen molar-refractivity contribution in [1.29, 1.82) is 0 Å². The molecule has 0 aromatic heterocycles. The molecule has 0 radical (unpaired) electrons. The zero-order chi connectivity index (χ0) is 32.7. The van der Waals surface area contributed by atoms with Crippen LogP contribution in [0.1, 0.15) is 66.4 Å². The van der Waals surface area contributed by atoms with E-state index < -0.39 is 59.8 Å². The summed E-state index contributed by atoms with van der Waals surface area (Å²) in [5, 5.41) is 5.02. The Bertz CT molecular complexity index is 1570. The molecule has 3 unspecified atom stereocenters. The van der Waals surface area contributed by atoms with Gasteiger partial charge in [-0.1, -0.05) is 54.6 Å². The number of ketones is 1. The van der Waals surface area contributed by atoms with Gasteiger partial charge in [0.05, 0.1) is 24.8 Å². The Morgan fingerprint density at radius 1 is 0.911 bits per heavy atom. The first-order chi connectivity index (χ1) is 21.4. The highest BCUT2D eigenvalue weighted by Gasteiger charge is 2.52. The fourth-order valence-electron chi connectivity index (χ4n) is 5.29. The number of urea groups is 1. The quantitative estimate of drug-likeness (QED) is 0.246. The summed E-state index contributed by atoms with van der Waals surface area (Å²) in [6.07, 6.45) is -0.111. The number of carbonyl (C=O) groups excluding carboxylic acids is 5. The number of hydrogen-bond acceptors (Lipinski definition) is 7. The largest absolute Gasteiger partial charge is 0.462 e. The normalized spacial score (nSPS) is 17.7. The highest BCUT2D eigenvalue weighted by molar-refractivity contribution is 6.01. The van der Waals surface area contributed by atoms with Crippen LogP contribution < -0.4 is 10.6 Å². The summed E-state index contributed by atoms with van der Waals surface area (Å²) in [6.45, 7) is 6.31. The first-order valence-corrected chi connectivity index (χ1v) is 14.6. The summed E-state index contributed by atoms with van der Waals surface area (Å²) >= 11 is 0. The van der Waals surface area contributed by atoms with E-state index in [0.29, 0.717) is 5.56 Å². The second-order valence-electron chi connectivity index (χ2n) is 11.5. The third-order valence-electron chi connectivity index (χ3n) is 7.11. The molecule has 1 saturated heterocycles. The molecule has 1 fully saturated rings. The predicted molar refractivity (Wildman–Crippen MR) is 164 cm³/mol. The number of halogens is 1. The molecule has 0 aliphatic carbocycles. The van der Waals surface area contributed by atoms with E-state index in [2.05, 4.69) is 10.6 Å². The van der Waals surface area contributed by atoms with E-state index in [1.54, 1.807) is 76.2 Å². The minimum absolute atomic E-state index is 0.0615. The number of hydrogen-bond donors (Lipinski definition) is 2. The SMILES string of the molecule is CCOC(=O)c1cccc(NC(=O)NCC(=O)N2C(C(=O)OC(C)(C)C)CC(C(=O)c3ccccc3)C2c2ccccc2F)c1. The van der Waals surface area contributed by atoms with Crippen molar-refractivity contribution < 1.29 is 37.8 Å². The fraction of sp³-hybridized carbons (Fsp3) is 0.324. The predicted octanol–water partition coefficient (Wildman–Crippen LogP) is 5.31. The number of esters is 2. The summed E-state index contributed by atoms with van der Waals surface area (Å²) in [5.74, 6) is -4.02. The second-order valence-corrected chi connectivity index (χ2v) is 11.5. The van der Waals surface area contributed by atoms with Gasteiger partial charge in [0.2, 0.25) is 5.91 Å². The van der Waals surface area contributed by atoms with Gasteiger partial charge in [0, 0.05) is 22.7 Å². The lowest BCUT2D eigenvalue weighted by Crippen LogP contribution is -2.49. The van der Waals surface area contributed by atoms with Gasteiger partial charge in [-0.05, 0) is 58.4 Å². The van der Waals surface area contributed by atoms with Crippen molar-refractivity contribution in [1.82, 2.24) is 10.2 Å². The average molecular weight is 618 g/mol. The highest BCUT2D eigenvalue weighted by Crippen LogP contribution is 2.44. The molecule has 3 amide bonds. The Morgan fingerprint density at radius 2 is 1.58 bits per heavy atom. The summed E-state index contributed by atoms with van der Waals surface area (Å²) in [6, 6.07) is 17.1. The van der Waals surface area contributed by atoms with E-state index in [9.17, 15) is 24.0 Å². The molecule has 0 saturated carbocycles. The Balaban J connectivity index is 1.63. The lowest BCUT2D eigenvalue weighted by atomic mass is 9.86. The first-order valence-electron chi connectivity index (χ1n) is 14.6. The maximum Gasteiger partial charge on any atom is 0.338 e. The van der Waals surface area contributed by atoms with Crippen LogP contribution in [0.4, 0.5) is 14.9 Å². The highest BCUT2D eigenvalue weighted by atomic mass is 19.1. The smallest absolute Gasteiger partial charge is 0.338 e. The van der Waals surface area contributed by atoms with E-state index in [4.69, 9.17) is 9.47 Å². The van der Waals surface area contributed by atoms with Crippen molar-refractivity contribution in [3.63, 3.8) is 0 Å².